The maximum Gasteiger partial charge on any atom is 0.335 e. The zero-order valence-electron chi connectivity index (χ0n) is 16.9. The third-order valence-corrected chi connectivity index (χ3v) is 5.29. The highest BCUT2D eigenvalue weighted by Gasteiger charge is 2.28. The molecule has 1 aliphatic heterocycles. The van der Waals surface area contributed by atoms with Gasteiger partial charge in [-0.05, 0) is 45.7 Å². The van der Waals surface area contributed by atoms with Crippen LogP contribution in [0.1, 0.15) is 32.4 Å². The van der Waals surface area contributed by atoms with Crippen molar-refractivity contribution in [3.63, 3.8) is 0 Å². The Hall–Kier alpha value is -2.83. The number of hydrogen-bond acceptors (Lipinski definition) is 4. The molecule has 150 valence electrons. The Morgan fingerprint density at radius 3 is 2.29 bits per heavy atom. The van der Waals surface area contributed by atoms with Gasteiger partial charge in [-0.1, -0.05) is 18.2 Å². The van der Waals surface area contributed by atoms with Gasteiger partial charge in [-0.15, -0.1) is 0 Å². The molecule has 28 heavy (non-hydrogen) atoms. The van der Waals surface area contributed by atoms with Crippen LogP contribution in [0.3, 0.4) is 0 Å². The lowest BCUT2D eigenvalue weighted by Gasteiger charge is -2.34. The number of nitrogens with one attached hydrogen (secondary N) is 1. The van der Waals surface area contributed by atoms with Crippen LogP contribution in [0.4, 0.5) is 5.69 Å². The van der Waals surface area contributed by atoms with Crippen LogP contribution < -0.4 is 21.5 Å². The number of rotatable bonds is 4. The fourth-order valence-corrected chi connectivity index (χ4v) is 3.81. The Morgan fingerprint density at radius 1 is 1.11 bits per heavy atom. The summed E-state index contributed by atoms with van der Waals surface area (Å²) in [5.41, 5.74) is 1.24. The molecular formula is C21H28N4O3. The molecule has 1 saturated heterocycles. The minimum atomic E-state index is -0.358. The van der Waals surface area contributed by atoms with E-state index in [0.717, 1.165) is 10.3 Å². The lowest BCUT2D eigenvalue weighted by Crippen LogP contribution is -2.47. The third kappa shape index (κ3) is 3.74. The van der Waals surface area contributed by atoms with Gasteiger partial charge in [-0.25, -0.2) is 4.79 Å². The zero-order chi connectivity index (χ0) is 20.4. The quantitative estimate of drug-likeness (QED) is 0.869. The summed E-state index contributed by atoms with van der Waals surface area (Å²) in [5, 5.41) is 2.97. The first-order valence-corrected chi connectivity index (χ1v) is 9.74. The smallest absolute Gasteiger partial charge is 0.335 e. The van der Waals surface area contributed by atoms with E-state index in [1.54, 1.807) is 4.57 Å². The second kappa shape index (κ2) is 8.04. The van der Waals surface area contributed by atoms with Crippen molar-refractivity contribution in [1.29, 1.82) is 0 Å². The Morgan fingerprint density at radius 2 is 1.71 bits per heavy atom. The molecule has 2 aromatic rings. The van der Waals surface area contributed by atoms with Crippen molar-refractivity contribution in [3.05, 3.63) is 56.9 Å². The zero-order valence-corrected chi connectivity index (χ0v) is 16.9. The fourth-order valence-electron chi connectivity index (χ4n) is 3.81. The molecule has 0 bridgehead atoms. The minimum Gasteiger partial charge on any atom is -0.366 e. The van der Waals surface area contributed by atoms with E-state index in [1.165, 1.54) is 7.05 Å². The molecule has 1 fully saturated rings. The van der Waals surface area contributed by atoms with E-state index >= 15 is 0 Å². The largest absolute Gasteiger partial charge is 0.366 e. The molecule has 7 heteroatoms. The van der Waals surface area contributed by atoms with Gasteiger partial charge >= 0.3 is 5.69 Å². The predicted octanol–water partition coefficient (Wildman–Crippen LogP) is 1.59. The molecule has 0 aliphatic carbocycles. The number of benzene rings is 1. The molecule has 0 saturated carbocycles. The maximum absolute atomic E-state index is 12.9. The molecule has 1 aromatic heterocycles. The van der Waals surface area contributed by atoms with E-state index in [-0.39, 0.29) is 29.1 Å². The number of hydrogen-bond donors (Lipinski definition) is 1. The number of carbonyl (C=O) groups is 1. The highest BCUT2D eigenvalue weighted by atomic mass is 16.2. The van der Waals surface area contributed by atoms with Crippen molar-refractivity contribution in [1.82, 2.24) is 14.5 Å². The first-order chi connectivity index (χ1) is 13.3. The van der Waals surface area contributed by atoms with Crippen LogP contribution in [0.2, 0.25) is 0 Å². The Kier molecular flexibility index (Phi) is 5.72. The lowest BCUT2D eigenvalue weighted by molar-refractivity contribution is -0.126. The van der Waals surface area contributed by atoms with Crippen LogP contribution in [0, 0.1) is 12.8 Å². The van der Waals surface area contributed by atoms with Crippen molar-refractivity contribution in [2.24, 2.45) is 13.0 Å². The Balaban J connectivity index is 1.94. The van der Waals surface area contributed by atoms with Crippen LogP contribution >= 0.6 is 0 Å². The van der Waals surface area contributed by atoms with Crippen LogP contribution in [-0.2, 0) is 11.8 Å². The second-order valence-corrected chi connectivity index (χ2v) is 7.68. The van der Waals surface area contributed by atoms with Gasteiger partial charge in [0, 0.05) is 32.1 Å². The molecule has 0 unspecified atom stereocenters. The Bertz CT molecular complexity index is 968. The lowest BCUT2D eigenvalue weighted by atomic mass is 9.95. The average Bonchev–Trinajstić information content (AvgIpc) is 2.67. The minimum absolute atomic E-state index is 0.0390. The normalized spacial score (nSPS) is 15.1. The first kappa shape index (κ1) is 19.9. The summed E-state index contributed by atoms with van der Waals surface area (Å²) in [6.07, 6.45) is 1.37. The van der Waals surface area contributed by atoms with Gasteiger partial charge in [-0.2, -0.15) is 0 Å². The predicted molar refractivity (Wildman–Crippen MR) is 110 cm³/mol. The number of amides is 1. The van der Waals surface area contributed by atoms with Crippen molar-refractivity contribution in [2.75, 3.05) is 18.0 Å². The number of para-hydroxylation sites is 1. The van der Waals surface area contributed by atoms with E-state index in [4.69, 9.17) is 0 Å². The summed E-state index contributed by atoms with van der Waals surface area (Å²) in [7, 11) is 1.51. The topological polar surface area (TPSA) is 76.3 Å². The van der Waals surface area contributed by atoms with E-state index in [9.17, 15) is 14.4 Å². The molecule has 0 atom stereocenters. The molecule has 1 amide bonds. The second-order valence-electron chi connectivity index (χ2n) is 7.68. The molecular weight excluding hydrogens is 356 g/mol. The van der Waals surface area contributed by atoms with Crippen LogP contribution in [-0.4, -0.2) is 34.2 Å². The highest BCUT2D eigenvalue weighted by molar-refractivity contribution is 5.79. The van der Waals surface area contributed by atoms with Gasteiger partial charge < -0.3 is 10.2 Å². The Labute approximate surface area is 164 Å². The summed E-state index contributed by atoms with van der Waals surface area (Å²) in [4.78, 5) is 39.9. The number of carbonyl (C=O) groups excluding carboxylic acids is 1. The van der Waals surface area contributed by atoms with E-state index in [1.807, 2.05) is 56.0 Å². The summed E-state index contributed by atoms with van der Waals surface area (Å²) >= 11 is 0. The van der Waals surface area contributed by atoms with Crippen molar-refractivity contribution >= 4 is 11.6 Å². The van der Waals surface area contributed by atoms with Gasteiger partial charge in [0.2, 0.25) is 5.91 Å². The SMILES string of the molecule is Cc1c(N2CCC(C(=O)NC(C)C)CC2)c(=O)n(C)c(=O)n1-c1ccccc1. The molecule has 1 aromatic carbocycles. The summed E-state index contributed by atoms with van der Waals surface area (Å²) in [5.74, 6) is 0.0383. The van der Waals surface area contributed by atoms with Crippen molar-refractivity contribution in [3.8, 4) is 5.69 Å². The van der Waals surface area contributed by atoms with E-state index < -0.39 is 0 Å². The summed E-state index contributed by atoms with van der Waals surface area (Å²) in [6.45, 7) is 6.93. The highest BCUT2D eigenvalue weighted by Crippen LogP contribution is 2.24. The average molecular weight is 384 g/mol. The molecule has 2 heterocycles. The third-order valence-electron chi connectivity index (χ3n) is 5.29. The molecule has 0 radical (unpaired) electrons. The van der Waals surface area contributed by atoms with Crippen molar-refractivity contribution < 1.29 is 4.79 Å². The number of aromatic nitrogens is 2. The summed E-state index contributed by atoms with van der Waals surface area (Å²) < 4.78 is 2.74. The molecule has 3 rings (SSSR count). The van der Waals surface area contributed by atoms with E-state index in [2.05, 4.69) is 5.32 Å². The number of anilines is 1. The number of nitrogens with zero attached hydrogens (tertiary/aromatic N) is 3. The molecule has 1 N–H and O–H groups in total. The molecule has 7 nitrogen and oxygen atoms in total. The van der Waals surface area contributed by atoms with Crippen LogP contribution in [0.15, 0.2) is 39.9 Å². The van der Waals surface area contributed by atoms with Gasteiger partial charge in [-0.3, -0.25) is 18.7 Å². The molecule has 1 aliphatic rings. The monoisotopic (exact) mass is 384 g/mol. The number of piperidine rings is 1. The maximum atomic E-state index is 12.9. The first-order valence-electron chi connectivity index (χ1n) is 9.74. The van der Waals surface area contributed by atoms with Crippen LogP contribution in [0.5, 0.6) is 0 Å². The molecule has 0 spiro atoms. The van der Waals surface area contributed by atoms with Gasteiger partial charge in [0.25, 0.3) is 5.56 Å². The van der Waals surface area contributed by atoms with Crippen molar-refractivity contribution in [2.45, 2.75) is 39.7 Å². The van der Waals surface area contributed by atoms with E-state index in [0.29, 0.717) is 37.3 Å². The summed E-state index contributed by atoms with van der Waals surface area (Å²) in [6, 6.07) is 9.44. The van der Waals surface area contributed by atoms with Gasteiger partial charge in [0.05, 0.1) is 11.4 Å². The van der Waals surface area contributed by atoms with Crippen LogP contribution in [0.25, 0.3) is 5.69 Å². The van der Waals surface area contributed by atoms with Gasteiger partial charge in [0.15, 0.2) is 0 Å². The fraction of sp³-hybridized carbons (Fsp3) is 0.476. The van der Waals surface area contributed by atoms with Gasteiger partial charge in [0.1, 0.15) is 5.69 Å². The standard InChI is InChI=1S/C21H28N4O3/c1-14(2)22-19(26)16-10-12-24(13-11-16)18-15(3)25(17-8-6-5-7-9-17)21(28)23(4)20(18)27/h5-9,14,16H,10-13H2,1-4H3,(H,22,26).